The molecule has 1 heterocycles. The van der Waals surface area contributed by atoms with Crippen molar-refractivity contribution in [3.8, 4) is 0 Å². The minimum Gasteiger partial charge on any atom is -0.352 e. The molecule has 0 unspecified atom stereocenters. The van der Waals surface area contributed by atoms with E-state index in [9.17, 15) is 4.79 Å². The quantitative estimate of drug-likeness (QED) is 0.587. The van der Waals surface area contributed by atoms with Crippen molar-refractivity contribution in [2.45, 2.75) is 30.1 Å². The molecule has 1 amide bonds. The zero-order valence-corrected chi connectivity index (χ0v) is 7.23. The second kappa shape index (κ2) is 2.22. The minimum absolute atomic E-state index is 0.239. The van der Waals surface area contributed by atoms with Gasteiger partial charge in [0.15, 0.2) is 0 Å². The number of halogens is 1. The van der Waals surface area contributed by atoms with E-state index in [1.54, 1.807) is 0 Å². The summed E-state index contributed by atoms with van der Waals surface area (Å²) in [6, 6.07) is 0.422. The van der Waals surface area contributed by atoms with Gasteiger partial charge in [0.05, 0.1) is 0 Å². The predicted molar refractivity (Wildman–Crippen MR) is 42.0 cm³/mol. The van der Waals surface area contributed by atoms with Gasteiger partial charge in [-0.15, -0.1) is 0 Å². The van der Waals surface area contributed by atoms with Gasteiger partial charge in [0, 0.05) is 17.3 Å². The van der Waals surface area contributed by atoms with Crippen molar-refractivity contribution in [3.63, 3.8) is 0 Å². The first-order valence-corrected chi connectivity index (χ1v) is 4.62. The Morgan fingerprint density at radius 2 is 2.30 bits per heavy atom. The highest BCUT2D eigenvalue weighted by Crippen LogP contribution is 2.37. The van der Waals surface area contributed by atoms with Gasteiger partial charge in [0.1, 0.15) is 0 Å². The second-order valence-electron chi connectivity index (χ2n) is 3.16. The topological polar surface area (TPSA) is 29.1 Å². The Kier molecular flexibility index (Phi) is 1.48. The molecular formula is C7H10BrNO. The van der Waals surface area contributed by atoms with Gasteiger partial charge in [0.25, 0.3) is 0 Å². The Bertz CT molecular complexity index is 155. The smallest absolute Gasteiger partial charge is 0.220 e. The van der Waals surface area contributed by atoms with Crippen molar-refractivity contribution in [2.75, 3.05) is 0 Å². The molecule has 10 heavy (non-hydrogen) atoms. The molecule has 1 saturated carbocycles. The summed E-state index contributed by atoms with van der Waals surface area (Å²) in [6.07, 6.45) is 3.10. The van der Waals surface area contributed by atoms with E-state index in [0.717, 1.165) is 12.8 Å². The lowest BCUT2D eigenvalue weighted by Crippen LogP contribution is -2.44. The molecule has 2 nitrogen and oxygen atoms in total. The zero-order valence-electron chi connectivity index (χ0n) is 5.64. The molecule has 2 bridgehead atoms. The highest BCUT2D eigenvalue weighted by molar-refractivity contribution is 9.09. The lowest BCUT2D eigenvalue weighted by atomic mass is 10.0. The van der Waals surface area contributed by atoms with Gasteiger partial charge in [-0.2, -0.15) is 0 Å². The first kappa shape index (κ1) is 6.65. The van der Waals surface area contributed by atoms with Crippen LogP contribution in [0.5, 0.6) is 0 Å². The number of hydrogen-bond donors (Lipinski definition) is 1. The van der Waals surface area contributed by atoms with E-state index in [1.165, 1.54) is 6.42 Å². The molecule has 1 aliphatic heterocycles. The van der Waals surface area contributed by atoms with E-state index in [0.29, 0.717) is 16.8 Å². The second-order valence-corrected chi connectivity index (χ2v) is 4.22. The zero-order chi connectivity index (χ0) is 7.14. The molecule has 2 fully saturated rings. The van der Waals surface area contributed by atoms with Gasteiger partial charge in [-0.25, -0.2) is 0 Å². The van der Waals surface area contributed by atoms with Crippen LogP contribution in [0.25, 0.3) is 0 Å². The van der Waals surface area contributed by atoms with Crippen LogP contribution >= 0.6 is 15.9 Å². The summed E-state index contributed by atoms with van der Waals surface area (Å²) in [5, 5.41) is 2.97. The van der Waals surface area contributed by atoms with E-state index in [2.05, 4.69) is 21.2 Å². The lowest BCUT2D eigenvalue weighted by Gasteiger charge is -2.25. The molecule has 1 N–H and O–H groups in total. The molecule has 0 radical (unpaired) electrons. The number of fused-ring (bicyclic) bond motifs is 2. The van der Waals surface area contributed by atoms with E-state index >= 15 is 0 Å². The molecule has 1 saturated heterocycles. The van der Waals surface area contributed by atoms with Crippen molar-refractivity contribution in [1.82, 2.24) is 5.32 Å². The van der Waals surface area contributed by atoms with Crippen LogP contribution in [0.3, 0.4) is 0 Å². The van der Waals surface area contributed by atoms with Crippen LogP contribution in [-0.4, -0.2) is 16.8 Å². The summed E-state index contributed by atoms with van der Waals surface area (Å²) in [5.41, 5.74) is 0. The molecular weight excluding hydrogens is 194 g/mol. The first-order valence-electron chi connectivity index (χ1n) is 3.71. The molecule has 56 valence electrons. The normalized spacial score (nSPS) is 45.3. The largest absolute Gasteiger partial charge is 0.352 e. The van der Waals surface area contributed by atoms with Gasteiger partial charge in [-0.05, 0) is 18.8 Å². The maximum absolute atomic E-state index is 10.9. The van der Waals surface area contributed by atoms with Gasteiger partial charge < -0.3 is 5.32 Å². The molecule has 0 aromatic heterocycles. The average molecular weight is 204 g/mol. The summed E-state index contributed by atoms with van der Waals surface area (Å²) in [5.74, 6) is 0.849. The maximum Gasteiger partial charge on any atom is 0.220 e. The molecule has 0 aromatic rings. The van der Waals surface area contributed by atoms with Gasteiger partial charge in [-0.3, -0.25) is 4.79 Å². The number of carbonyl (C=O) groups excluding carboxylic acids is 1. The van der Waals surface area contributed by atoms with Crippen LogP contribution < -0.4 is 5.32 Å². The summed E-state index contributed by atoms with van der Waals surface area (Å²) in [6.45, 7) is 0. The Labute approximate surface area is 68.5 Å². The number of amides is 1. The standard InChI is InChI=1S/C7H10BrNO/c8-7-4-1-2-5(7)9-6(10)3-4/h4-5,7H,1-3H2,(H,9,10)/t4-,5-,7+/m1/s1. The fraction of sp³-hybridized carbons (Fsp3) is 0.857. The molecule has 0 spiro atoms. The van der Waals surface area contributed by atoms with Crippen LogP contribution in [0.15, 0.2) is 0 Å². The molecule has 3 heteroatoms. The van der Waals surface area contributed by atoms with E-state index in [-0.39, 0.29) is 5.91 Å². The molecule has 2 rings (SSSR count). The van der Waals surface area contributed by atoms with E-state index in [1.807, 2.05) is 0 Å². The van der Waals surface area contributed by atoms with Crippen molar-refractivity contribution in [2.24, 2.45) is 5.92 Å². The first-order chi connectivity index (χ1) is 4.77. The number of hydrogen-bond acceptors (Lipinski definition) is 1. The third-order valence-electron chi connectivity index (χ3n) is 2.48. The Hall–Kier alpha value is -0.0500. The van der Waals surface area contributed by atoms with Crippen LogP contribution in [0, 0.1) is 5.92 Å². The SMILES string of the molecule is O=C1C[C@H]2CC[C@@H](N1)[C@H]2Br. The predicted octanol–water partition coefficient (Wildman–Crippen LogP) is 1.05. The van der Waals surface area contributed by atoms with Gasteiger partial charge in [-0.1, -0.05) is 15.9 Å². The van der Waals surface area contributed by atoms with Crippen LogP contribution in [0.4, 0.5) is 0 Å². The summed E-state index contributed by atoms with van der Waals surface area (Å²) < 4.78 is 0. The maximum atomic E-state index is 10.9. The highest BCUT2D eigenvalue weighted by atomic mass is 79.9. The van der Waals surface area contributed by atoms with Crippen molar-refractivity contribution >= 4 is 21.8 Å². The lowest BCUT2D eigenvalue weighted by molar-refractivity contribution is -0.123. The van der Waals surface area contributed by atoms with Crippen LogP contribution in [0.1, 0.15) is 19.3 Å². The number of piperidine rings is 1. The van der Waals surface area contributed by atoms with Crippen molar-refractivity contribution in [3.05, 3.63) is 0 Å². The Balaban J connectivity index is 2.16. The molecule has 2 aliphatic rings. The van der Waals surface area contributed by atoms with Gasteiger partial charge >= 0.3 is 0 Å². The fourth-order valence-corrected chi connectivity index (χ4v) is 2.76. The Morgan fingerprint density at radius 3 is 3.00 bits per heavy atom. The third kappa shape index (κ3) is 0.875. The minimum atomic E-state index is 0.239. The molecule has 1 aliphatic carbocycles. The molecule has 3 atom stereocenters. The number of rotatable bonds is 0. The number of nitrogens with one attached hydrogen (secondary N) is 1. The summed E-state index contributed by atoms with van der Waals surface area (Å²) in [4.78, 5) is 11.5. The number of carbonyl (C=O) groups is 1. The van der Waals surface area contributed by atoms with Crippen LogP contribution in [0.2, 0.25) is 0 Å². The van der Waals surface area contributed by atoms with Gasteiger partial charge in [0.2, 0.25) is 5.91 Å². The summed E-state index contributed by atoms with van der Waals surface area (Å²) in [7, 11) is 0. The number of alkyl halides is 1. The van der Waals surface area contributed by atoms with E-state index in [4.69, 9.17) is 0 Å². The van der Waals surface area contributed by atoms with E-state index < -0.39 is 0 Å². The van der Waals surface area contributed by atoms with Crippen molar-refractivity contribution in [1.29, 1.82) is 0 Å². The summed E-state index contributed by atoms with van der Waals surface area (Å²) >= 11 is 3.59. The Morgan fingerprint density at radius 1 is 1.50 bits per heavy atom. The van der Waals surface area contributed by atoms with Crippen molar-refractivity contribution < 1.29 is 4.79 Å². The monoisotopic (exact) mass is 203 g/mol. The highest BCUT2D eigenvalue weighted by Gasteiger charge is 2.40. The fourth-order valence-electron chi connectivity index (χ4n) is 1.91. The molecule has 0 aromatic carbocycles. The van der Waals surface area contributed by atoms with Crippen LogP contribution in [-0.2, 0) is 4.79 Å². The third-order valence-corrected chi connectivity index (χ3v) is 3.86. The average Bonchev–Trinajstić information content (AvgIpc) is 2.20.